The highest BCUT2D eigenvalue weighted by Crippen LogP contribution is 2.27. The summed E-state index contributed by atoms with van der Waals surface area (Å²) in [6.45, 7) is 6.11. The van der Waals surface area contributed by atoms with E-state index in [2.05, 4.69) is 26.6 Å². The molecule has 0 saturated carbocycles. The van der Waals surface area contributed by atoms with Gasteiger partial charge in [-0.3, -0.25) is 0 Å². The van der Waals surface area contributed by atoms with E-state index in [4.69, 9.17) is 9.15 Å². The quantitative estimate of drug-likeness (QED) is 0.783. The molecular weight excluding hydrogens is 276 g/mol. The van der Waals surface area contributed by atoms with E-state index in [1.807, 2.05) is 13.1 Å². The van der Waals surface area contributed by atoms with E-state index >= 15 is 0 Å². The number of aryl methyl sites for hydroxylation is 2. The minimum absolute atomic E-state index is 0.518. The molecule has 0 unspecified atom stereocenters. The van der Waals surface area contributed by atoms with Gasteiger partial charge in [0, 0.05) is 33.3 Å². The molecule has 6 nitrogen and oxygen atoms in total. The van der Waals surface area contributed by atoms with E-state index in [9.17, 15) is 0 Å². The molecule has 2 rings (SSSR count). The number of methoxy groups -OCH3 is 1. The molecule has 0 fully saturated rings. The first-order valence-corrected chi connectivity index (χ1v) is 7.14. The standard InChI is InChI=1S/C13H18N4O2S/c1-9-6-11(7-14-4-5-18-3)8-15-12(9)20-13-17-16-10(2)19-13/h6,8,14H,4-5,7H2,1-3H3. The van der Waals surface area contributed by atoms with Crippen molar-refractivity contribution in [2.24, 2.45) is 0 Å². The molecule has 0 saturated heterocycles. The zero-order chi connectivity index (χ0) is 14.4. The second-order valence-electron chi connectivity index (χ2n) is 4.32. The molecule has 108 valence electrons. The van der Waals surface area contributed by atoms with Crippen LogP contribution in [0.2, 0.25) is 0 Å². The molecule has 0 bridgehead atoms. The van der Waals surface area contributed by atoms with E-state index < -0.39 is 0 Å². The molecule has 2 aromatic rings. The Hall–Kier alpha value is -1.44. The first-order valence-electron chi connectivity index (χ1n) is 6.32. The average Bonchev–Trinajstić information content (AvgIpc) is 2.83. The molecule has 0 aromatic carbocycles. The van der Waals surface area contributed by atoms with Gasteiger partial charge >= 0.3 is 0 Å². The van der Waals surface area contributed by atoms with Gasteiger partial charge in [0.1, 0.15) is 5.03 Å². The number of aromatic nitrogens is 3. The fourth-order valence-electron chi connectivity index (χ4n) is 1.63. The summed E-state index contributed by atoms with van der Waals surface area (Å²) < 4.78 is 10.3. The lowest BCUT2D eigenvalue weighted by atomic mass is 10.2. The van der Waals surface area contributed by atoms with Crippen LogP contribution < -0.4 is 5.32 Å². The summed E-state index contributed by atoms with van der Waals surface area (Å²) in [5.41, 5.74) is 2.24. The van der Waals surface area contributed by atoms with Crippen LogP contribution in [0.5, 0.6) is 0 Å². The minimum Gasteiger partial charge on any atom is -0.416 e. The maximum Gasteiger partial charge on any atom is 0.282 e. The summed E-state index contributed by atoms with van der Waals surface area (Å²) in [4.78, 5) is 4.45. The summed E-state index contributed by atoms with van der Waals surface area (Å²) >= 11 is 1.38. The number of nitrogens with one attached hydrogen (secondary N) is 1. The number of hydrogen-bond donors (Lipinski definition) is 1. The number of hydrogen-bond acceptors (Lipinski definition) is 7. The van der Waals surface area contributed by atoms with E-state index in [1.165, 1.54) is 11.8 Å². The summed E-state index contributed by atoms with van der Waals surface area (Å²) in [6, 6.07) is 2.11. The van der Waals surface area contributed by atoms with Gasteiger partial charge in [0.15, 0.2) is 0 Å². The van der Waals surface area contributed by atoms with Crippen LogP contribution in [-0.4, -0.2) is 35.4 Å². The third-order valence-corrected chi connectivity index (χ3v) is 3.55. The number of ether oxygens (including phenoxy) is 1. The van der Waals surface area contributed by atoms with Crippen molar-refractivity contribution < 1.29 is 9.15 Å². The van der Waals surface area contributed by atoms with Crippen molar-refractivity contribution in [2.75, 3.05) is 20.3 Å². The van der Waals surface area contributed by atoms with Crippen LogP contribution in [0.4, 0.5) is 0 Å². The Labute approximate surface area is 122 Å². The van der Waals surface area contributed by atoms with Crippen LogP contribution in [0.25, 0.3) is 0 Å². The number of nitrogens with zero attached hydrogens (tertiary/aromatic N) is 3. The molecule has 0 spiro atoms. The smallest absolute Gasteiger partial charge is 0.282 e. The Kier molecular flexibility index (Phi) is 5.51. The molecule has 20 heavy (non-hydrogen) atoms. The van der Waals surface area contributed by atoms with Crippen molar-refractivity contribution in [3.8, 4) is 0 Å². The molecule has 0 amide bonds. The molecule has 0 atom stereocenters. The molecule has 0 aliphatic heterocycles. The van der Waals surface area contributed by atoms with E-state index in [0.29, 0.717) is 17.7 Å². The largest absolute Gasteiger partial charge is 0.416 e. The Bertz CT molecular complexity index is 559. The van der Waals surface area contributed by atoms with Gasteiger partial charge in [-0.25, -0.2) is 4.98 Å². The summed E-state index contributed by atoms with van der Waals surface area (Å²) in [6.07, 6.45) is 1.86. The predicted molar refractivity (Wildman–Crippen MR) is 75.7 cm³/mol. The van der Waals surface area contributed by atoms with E-state index in [-0.39, 0.29) is 0 Å². The minimum atomic E-state index is 0.518. The van der Waals surface area contributed by atoms with Gasteiger partial charge in [-0.2, -0.15) is 0 Å². The first kappa shape index (κ1) is 15.0. The highest BCUT2D eigenvalue weighted by atomic mass is 32.2. The van der Waals surface area contributed by atoms with E-state index in [0.717, 1.165) is 29.2 Å². The van der Waals surface area contributed by atoms with Crippen LogP contribution in [-0.2, 0) is 11.3 Å². The average molecular weight is 294 g/mol. The van der Waals surface area contributed by atoms with Crippen LogP contribution in [0.1, 0.15) is 17.0 Å². The SMILES string of the molecule is COCCNCc1cnc(Sc2nnc(C)o2)c(C)c1. The Balaban J connectivity index is 1.95. The Morgan fingerprint density at radius 2 is 2.20 bits per heavy atom. The van der Waals surface area contributed by atoms with Gasteiger partial charge in [-0.1, -0.05) is 6.07 Å². The van der Waals surface area contributed by atoms with Gasteiger partial charge in [0.25, 0.3) is 5.22 Å². The normalized spacial score (nSPS) is 10.9. The topological polar surface area (TPSA) is 73.1 Å². The van der Waals surface area contributed by atoms with Crippen molar-refractivity contribution in [1.82, 2.24) is 20.5 Å². The lowest BCUT2D eigenvalue weighted by Gasteiger charge is -2.07. The number of pyridine rings is 1. The summed E-state index contributed by atoms with van der Waals surface area (Å²) in [5, 5.41) is 12.4. The monoisotopic (exact) mass is 294 g/mol. The predicted octanol–water partition coefficient (Wildman–Crippen LogP) is 1.97. The molecule has 7 heteroatoms. The van der Waals surface area contributed by atoms with Gasteiger partial charge in [0.05, 0.1) is 6.61 Å². The van der Waals surface area contributed by atoms with Gasteiger partial charge < -0.3 is 14.5 Å². The fraction of sp³-hybridized carbons (Fsp3) is 0.462. The second kappa shape index (κ2) is 7.37. The first-order chi connectivity index (χ1) is 9.69. The second-order valence-corrected chi connectivity index (χ2v) is 5.26. The van der Waals surface area contributed by atoms with Crippen LogP contribution in [0.3, 0.4) is 0 Å². The zero-order valence-corrected chi connectivity index (χ0v) is 12.7. The lowest BCUT2D eigenvalue weighted by molar-refractivity contribution is 0.199. The summed E-state index contributed by atoms with van der Waals surface area (Å²) in [7, 11) is 1.69. The lowest BCUT2D eigenvalue weighted by Crippen LogP contribution is -2.18. The molecule has 0 aliphatic rings. The van der Waals surface area contributed by atoms with Gasteiger partial charge in [-0.15, -0.1) is 10.2 Å². The van der Waals surface area contributed by atoms with Crippen molar-refractivity contribution in [2.45, 2.75) is 30.6 Å². The Morgan fingerprint density at radius 3 is 2.85 bits per heavy atom. The van der Waals surface area contributed by atoms with Crippen molar-refractivity contribution >= 4 is 11.8 Å². The third-order valence-electron chi connectivity index (χ3n) is 2.59. The van der Waals surface area contributed by atoms with Gasteiger partial charge in [-0.05, 0) is 29.8 Å². The van der Waals surface area contributed by atoms with Crippen LogP contribution in [0.15, 0.2) is 26.9 Å². The van der Waals surface area contributed by atoms with Gasteiger partial charge in [0.2, 0.25) is 5.89 Å². The Morgan fingerprint density at radius 1 is 1.35 bits per heavy atom. The maximum atomic E-state index is 5.34. The molecule has 1 N–H and O–H groups in total. The summed E-state index contributed by atoms with van der Waals surface area (Å²) in [5.74, 6) is 0.559. The molecule has 2 heterocycles. The fourth-order valence-corrected chi connectivity index (χ4v) is 2.37. The highest BCUT2D eigenvalue weighted by molar-refractivity contribution is 7.99. The zero-order valence-electron chi connectivity index (χ0n) is 11.8. The maximum absolute atomic E-state index is 5.34. The molecule has 0 radical (unpaired) electrons. The van der Waals surface area contributed by atoms with Crippen molar-refractivity contribution in [3.05, 3.63) is 29.3 Å². The molecule has 0 aliphatic carbocycles. The van der Waals surface area contributed by atoms with Crippen LogP contribution >= 0.6 is 11.8 Å². The van der Waals surface area contributed by atoms with Crippen molar-refractivity contribution in [3.63, 3.8) is 0 Å². The highest BCUT2D eigenvalue weighted by Gasteiger charge is 2.09. The molecular formula is C13H18N4O2S. The number of rotatable bonds is 7. The van der Waals surface area contributed by atoms with E-state index in [1.54, 1.807) is 14.0 Å². The third kappa shape index (κ3) is 4.29. The molecule has 2 aromatic heterocycles. The van der Waals surface area contributed by atoms with Crippen molar-refractivity contribution in [1.29, 1.82) is 0 Å². The van der Waals surface area contributed by atoms with Crippen LogP contribution in [0, 0.1) is 13.8 Å².